The summed E-state index contributed by atoms with van der Waals surface area (Å²) in [6.07, 6.45) is 4.62. The van der Waals surface area contributed by atoms with Crippen molar-refractivity contribution in [3.63, 3.8) is 0 Å². The second-order valence-corrected chi connectivity index (χ2v) is 6.81. The standard InChI is InChI=1S/C10H10N2O4.C9H10N2O2/c11-8-7(10(15)16)6(9(13)14)4-2-1-3-5(4)12-8;10-8-4-6(9(12)13)5-2-1-3-7(5)11-8/h1-3H2,(H2,11,12)(H,13,14)(H,15,16);4H,1-3H2,(H2,10,11)(H,12,13). The van der Waals surface area contributed by atoms with Crippen LogP contribution >= 0.6 is 0 Å². The third-order valence-electron chi connectivity index (χ3n) is 4.98. The molecule has 2 aromatic heterocycles. The largest absolute Gasteiger partial charge is 0.478 e. The molecule has 2 aromatic rings. The van der Waals surface area contributed by atoms with Crippen LogP contribution in [0.5, 0.6) is 0 Å². The van der Waals surface area contributed by atoms with Gasteiger partial charge in [-0.25, -0.2) is 24.4 Å². The Balaban J connectivity index is 0.000000169. The molecule has 0 unspecified atom stereocenters. The van der Waals surface area contributed by atoms with Gasteiger partial charge >= 0.3 is 17.9 Å². The lowest BCUT2D eigenvalue weighted by Gasteiger charge is -2.09. The van der Waals surface area contributed by atoms with Crippen molar-refractivity contribution in [3.8, 4) is 0 Å². The molecule has 0 radical (unpaired) electrons. The first-order valence-electron chi connectivity index (χ1n) is 9.00. The highest BCUT2D eigenvalue weighted by molar-refractivity contribution is 6.06. The van der Waals surface area contributed by atoms with E-state index in [0.717, 1.165) is 36.9 Å². The van der Waals surface area contributed by atoms with E-state index in [1.54, 1.807) is 0 Å². The molecule has 0 fully saturated rings. The van der Waals surface area contributed by atoms with Crippen LogP contribution < -0.4 is 11.5 Å². The van der Waals surface area contributed by atoms with Crippen LogP contribution in [-0.2, 0) is 25.7 Å². The second-order valence-electron chi connectivity index (χ2n) is 6.81. The zero-order valence-corrected chi connectivity index (χ0v) is 15.4. The van der Waals surface area contributed by atoms with Gasteiger partial charge in [0.05, 0.1) is 11.1 Å². The Bertz CT molecular complexity index is 1030. The molecule has 0 saturated heterocycles. The summed E-state index contributed by atoms with van der Waals surface area (Å²) in [6, 6.07) is 1.44. The average molecular weight is 400 g/mol. The molecule has 29 heavy (non-hydrogen) atoms. The van der Waals surface area contributed by atoms with Gasteiger partial charge in [0.25, 0.3) is 0 Å². The van der Waals surface area contributed by atoms with Crippen molar-refractivity contribution in [2.24, 2.45) is 0 Å². The number of nitrogens with zero attached hydrogens (tertiary/aromatic N) is 2. The maximum Gasteiger partial charge on any atom is 0.340 e. The number of nitrogens with two attached hydrogens (primary N) is 2. The van der Waals surface area contributed by atoms with Gasteiger partial charge in [-0.15, -0.1) is 0 Å². The van der Waals surface area contributed by atoms with E-state index in [2.05, 4.69) is 9.97 Å². The fourth-order valence-electron chi connectivity index (χ4n) is 3.81. The van der Waals surface area contributed by atoms with Crippen LogP contribution in [0.2, 0.25) is 0 Å². The zero-order chi connectivity index (χ0) is 21.3. The van der Waals surface area contributed by atoms with Crippen molar-refractivity contribution in [1.29, 1.82) is 0 Å². The lowest BCUT2D eigenvalue weighted by Crippen LogP contribution is -2.16. The first-order chi connectivity index (χ1) is 13.7. The monoisotopic (exact) mass is 400 g/mol. The first kappa shape index (κ1) is 20.1. The smallest absolute Gasteiger partial charge is 0.340 e. The van der Waals surface area contributed by atoms with Gasteiger partial charge in [0.2, 0.25) is 0 Å². The predicted octanol–water partition coefficient (Wildman–Crippen LogP) is 1.40. The van der Waals surface area contributed by atoms with Gasteiger partial charge in [-0.2, -0.15) is 0 Å². The van der Waals surface area contributed by atoms with E-state index in [0.29, 0.717) is 35.5 Å². The summed E-state index contributed by atoms with van der Waals surface area (Å²) in [7, 11) is 0. The molecule has 0 amide bonds. The summed E-state index contributed by atoms with van der Waals surface area (Å²) >= 11 is 0. The van der Waals surface area contributed by atoms with Crippen LogP contribution in [0.15, 0.2) is 6.07 Å². The van der Waals surface area contributed by atoms with E-state index in [-0.39, 0.29) is 11.4 Å². The number of carboxylic acid groups (broad SMARTS) is 3. The number of anilines is 2. The van der Waals surface area contributed by atoms with Gasteiger partial charge in [0.1, 0.15) is 17.2 Å². The van der Waals surface area contributed by atoms with Crippen molar-refractivity contribution in [2.75, 3.05) is 11.5 Å². The third-order valence-corrected chi connectivity index (χ3v) is 4.98. The van der Waals surface area contributed by atoms with Crippen LogP contribution in [0.3, 0.4) is 0 Å². The Morgan fingerprint density at radius 3 is 1.86 bits per heavy atom. The van der Waals surface area contributed by atoms with Crippen LogP contribution in [0.1, 0.15) is 66.4 Å². The summed E-state index contributed by atoms with van der Waals surface area (Å²) in [6.45, 7) is 0. The van der Waals surface area contributed by atoms with Crippen molar-refractivity contribution in [3.05, 3.63) is 45.3 Å². The predicted molar refractivity (Wildman–Crippen MR) is 102 cm³/mol. The molecular formula is C19H20N4O6. The van der Waals surface area contributed by atoms with Gasteiger partial charge in [-0.3, -0.25) is 0 Å². The minimum absolute atomic E-state index is 0.201. The number of hydrogen-bond acceptors (Lipinski definition) is 7. The van der Waals surface area contributed by atoms with E-state index in [9.17, 15) is 14.4 Å². The number of pyridine rings is 2. The number of carbonyl (C=O) groups is 3. The molecule has 2 aliphatic carbocycles. The van der Waals surface area contributed by atoms with E-state index < -0.39 is 23.5 Å². The number of aryl methyl sites for hydroxylation is 2. The second kappa shape index (κ2) is 7.74. The molecule has 0 atom stereocenters. The molecule has 4 rings (SSSR count). The third kappa shape index (κ3) is 3.82. The molecule has 10 heteroatoms. The Hall–Kier alpha value is -3.69. The van der Waals surface area contributed by atoms with E-state index in [4.69, 9.17) is 26.8 Å². The highest BCUT2D eigenvalue weighted by Crippen LogP contribution is 2.29. The van der Waals surface area contributed by atoms with Crippen LogP contribution in [0.25, 0.3) is 0 Å². The summed E-state index contributed by atoms with van der Waals surface area (Å²) in [4.78, 5) is 40.9. The van der Waals surface area contributed by atoms with Crippen LogP contribution in [0, 0.1) is 0 Å². The van der Waals surface area contributed by atoms with Crippen LogP contribution in [0.4, 0.5) is 11.6 Å². The molecule has 0 aromatic carbocycles. The SMILES string of the molecule is Nc1cc(C(=O)O)c2c(n1)CCC2.Nc1nc2c(c(C(=O)O)c1C(=O)O)CCC2. The highest BCUT2D eigenvalue weighted by Gasteiger charge is 2.29. The van der Waals surface area contributed by atoms with Gasteiger partial charge in [0.15, 0.2) is 0 Å². The molecule has 0 spiro atoms. The van der Waals surface area contributed by atoms with Crippen molar-refractivity contribution >= 4 is 29.5 Å². The normalized spacial score (nSPS) is 13.8. The van der Waals surface area contributed by atoms with Crippen molar-refractivity contribution in [2.45, 2.75) is 38.5 Å². The Labute approximate surface area is 165 Å². The number of aromatic nitrogens is 2. The molecule has 10 nitrogen and oxygen atoms in total. The summed E-state index contributed by atoms with van der Waals surface area (Å²) in [5.41, 5.74) is 13.5. The van der Waals surface area contributed by atoms with Gasteiger partial charge in [-0.05, 0) is 55.7 Å². The number of nitrogen functional groups attached to an aromatic ring is 2. The van der Waals surface area contributed by atoms with Gasteiger partial charge in [-0.1, -0.05) is 0 Å². The van der Waals surface area contributed by atoms with Crippen molar-refractivity contribution in [1.82, 2.24) is 9.97 Å². The quantitative estimate of drug-likeness (QED) is 0.503. The minimum atomic E-state index is -1.35. The lowest BCUT2D eigenvalue weighted by molar-refractivity contribution is 0.0651. The molecule has 0 aliphatic heterocycles. The highest BCUT2D eigenvalue weighted by atomic mass is 16.4. The van der Waals surface area contributed by atoms with Crippen LogP contribution in [-0.4, -0.2) is 43.2 Å². The molecule has 2 aliphatic rings. The summed E-state index contributed by atoms with van der Waals surface area (Å²) in [5.74, 6) is -3.43. The van der Waals surface area contributed by atoms with E-state index in [1.165, 1.54) is 6.07 Å². The number of carboxylic acids is 3. The maximum atomic E-state index is 11.1. The van der Waals surface area contributed by atoms with Gasteiger partial charge < -0.3 is 26.8 Å². The van der Waals surface area contributed by atoms with Gasteiger partial charge in [0, 0.05) is 11.4 Å². The maximum absolute atomic E-state index is 11.1. The molecule has 7 N–H and O–H groups in total. The molecular weight excluding hydrogens is 380 g/mol. The first-order valence-corrected chi connectivity index (χ1v) is 9.00. The fourth-order valence-corrected chi connectivity index (χ4v) is 3.81. The topological polar surface area (TPSA) is 190 Å². The van der Waals surface area contributed by atoms with E-state index >= 15 is 0 Å². The minimum Gasteiger partial charge on any atom is -0.478 e. The fraction of sp³-hybridized carbons (Fsp3) is 0.316. The average Bonchev–Trinajstić information content (AvgIpc) is 3.28. The number of rotatable bonds is 3. The lowest BCUT2D eigenvalue weighted by atomic mass is 10.0. The number of fused-ring (bicyclic) bond motifs is 2. The molecule has 0 bridgehead atoms. The molecule has 2 heterocycles. The zero-order valence-electron chi connectivity index (χ0n) is 15.4. The Morgan fingerprint density at radius 1 is 0.759 bits per heavy atom. The molecule has 152 valence electrons. The Morgan fingerprint density at radius 2 is 1.31 bits per heavy atom. The van der Waals surface area contributed by atoms with E-state index in [1.807, 2.05) is 0 Å². The summed E-state index contributed by atoms with van der Waals surface area (Å²) < 4.78 is 0. The summed E-state index contributed by atoms with van der Waals surface area (Å²) in [5, 5.41) is 26.9. The number of aromatic carboxylic acids is 3. The molecule has 0 saturated carbocycles. The van der Waals surface area contributed by atoms with Crippen molar-refractivity contribution < 1.29 is 29.7 Å². The number of hydrogen-bond donors (Lipinski definition) is 5. The Kier molecular flexibility index (Phi) is 5.35.